The van der Waals surface area contributed by atoms with E-state index in [0.29, 0.717) is 0 Å². The molecule has 0 N–H and O–H groups in total. The molecule has 2 aromatic rings. The Labute approximate surface area is 156 Å². The third kappa shape index (κ3) is 2.64. The van der Waals surface area contributed by atoms with Crippen LogP contribution in [0.3, 0.4) is 0 Å². The Hall–Kier alpha value is -1.89. The molecule has 134 valence electrons. The Morgan fingerprint density at radius 3 is 2.04 bits per heavy atom. The molecular weight excluding hydrogens is 337 g/mol. The van der Waals surface area contributed by atoms with Gasteiger partial charge in [-0.3, -0.25) is 0 Å². The first-order valence-corrected chi connectivity index (χ1v) is 11.0. The normalized spacial score (nSPS) is 31.1. The minimum Gasteiger partial charge on any atom is -0.301 e. The zero-order chi connectivity index (χ0) is 18.4. The molecule has 1 aliphatic carbocycles. The highest BCUT2D eigenvalue weighted by atomic mass is 31.2. The van der Waals surface area contributed by atoms with Gasteiger partial charge < -0.3 is 4.57 Å². The van der Waals surface area contributed by atoms with Gasteiger partial charge in [-0.2, -0.15) is 0 Å². The lowest BCUT2D eigenvalue weighted by molar-refractivity contribution is 0.187. The molecule has 3 heteroatoms. The Bertz CT molecular complexity index is 879. The number of fused-ring (bicyclic) bond motifs is 1. The monoisotopic (exact) mass is 363 g/mol. The molecule has 0 bridgehead atoms. The summed E-state index contributed by atoms with van der Waals surface area (Å²) in [5, 5.41) is 0.961. The van der Waals surface area contributed by atoms with Gasteiger partial charge in [-0.15, -0.1) is 0 Å². The van der Waals surface area contributed by atoms with Gasteiger partial charge in [0.25, 0.3) is 0 Å². The van der Waals surface area contributed by atoms with Gasteiger partial charge in [0, 0.05) is 22.8 Å². The summed E-state index contributed by atoms with van der Waals surface area (Å²) < 4.78 is 17.1. The smallest absolute Gasteiger partial charge is 0.187 e. The summed E-state index contributed by atoms with van der Waals surface area (Å²) in [7, 11) is -2.81. The summed E-state index contributed by atoms with van der Waals surface area (Å²) in [6.45, 7) is 6.55. The maximum absolute atomic E-state index is 14.8. The minimum atomic E-state index is -2.81. The van der Waals surface area contributed by atoms with Gasteiger partial charge in [0.1, 0.15) is 0 Å². The Morgan fingerprint density at radius 1 is 0.846 bits per heavy atom. The van der Waals surface area contributed by atoms with E-state index in [1.165, 1.54) is 5.56 Å². The Kier molecular flexibility index (Phi) is 4.29. The highest BCUT2D eigenvalue weighted by Gasteiger charge is 2.59. The van der Waals surface area contributed by atoms with Crippen LogP contribution in [0.15, 0.2) is 85.0 Å². The van der Waals surface area contributed by atoms with Crippen LogP contribution in [-0.2, 0) is 4.57 Å². The molecule has 2 aliphatic rings. The first-order valence-electron chi connectivity index (χ1n) is 9.29. The van der Waals surface area contributed by atoms with Crippen molar-refractivity contribution in [2.24, 2.45) is 5.92 Å². The molecule has 1 heterocycles. The van der Waals surface area contributed by atoms with Crippen molar-refractivity contribution in [2.45, 2.75) is 38.0 Å². The molecule has 2 aromatic carbocycles. The summed E-state index contributed by atoms with van der Waals surface area (Å²) in [6, 6.07) is 20.7. The summed E-state index contributed by atoms with van der Waals surface area (Å²) >= 11 is 0. The minimum absolute atomic E-state index is 0.0133. The second kappa shape index (κ2) is 6.37. The number of benzene rings is 2. The van der Waals surface area contributed by atoms with E-state index >= 15 is 0 Å². The molecule has 1 fully saturated rings. The van der Waals surface area contributed by atoms with Crippen LogP contribution >= 0.6 is 7.29 Å². The summed E-state index contributed by atoms with van der Waals surface area (Å²) in [5.41, 5.74) is 1.04. The van der Waals surface area contributed by atoms with Crippen molar-refractivity contribution in [1.29, 1.82) is 0 Å². The highest BCUT2D eigenvalue weighted by molar-refractivity contribution is 7.70. The lowest BCUT2D eigenvalue weighted by atomic mass is 9.86. The molecule has 0 radical (unpaired) electrons. The zero-order valence-corrected chi connectivity index (χ0v) is 16.5. The maximum atomic E-state index is 14.8. The largest absolute Gasteiger partial charge is 0.301 e. The number of nitrogens with zero attached hydrogens (tertiary/aromatic N) is 1. The topological polar surface area (TPSA) is 20.3 Å². The predicted octanol–water partition coefficient (Wildman–Crippen LogP) is 5.56. The predicted molar refractivity (Wildman–Crippen MR) is 110 cm³/mol. The standard InChI is InChI=1S/C23H26NOP/c1-23(2,3)24-22(18-12-6-4-7-13-18)20-16-10-11-17-21(20)26(24,25)19-14-8-5-9-15-19/h4-17,20-22H,1-3H3/t20-,21-,22-,26+/m0/s1. The van der Waals surface area contributed by atoms with E-state index in [4.69, 9.17) is 0 Å². The van der Waals surface area contributed by atoms with Crippen LogP contribution in [0.4, 0.5) is 0 Å². The molecule has 1 saturated heterocycles. The van der Waals surface area contributed by atoms with Crippen molar-refractivity contribution < 1.29 is 4.57 Å². The van der Waals surface area contributed by atoms with Crippen molar-refractivity contribution in [2.75, 3.05) is 0 Å². The van der Waals surface area contributed by atoms with Gasteiger partial charge in [0.05, 0.1) is 5.66 Å². The lowest BCUT2D eigenvalue weighted by Gasteiger charge is -2.42. The van der Waals surface area contributed by atoms with Crippen molar-refractivity contribution in [3.8, 4) is 0 Å². The summed E-state index contributed by atoms with van der Waals surface area (Å²) in [4.78, 5) is 0. The summed E-state index contributed by atoms with van der Waals surface area (Å²) in [5.74, 6) is 0.215. The van der Waals surface area contributed by atoms with Gasteiger partial charge in [0.2, 0.25) is 0 Å². The van der Waals surface area contributed by atoms with E-state index in [0.717, 1.165) is 5.30 Å². The third-order valence-electron chi connectivity index (χ3n) is 5.45. The van der Waals surface area contributed by atoms with Gasteiger partial charge in [0.15, 0.2) is 7.29 Å². The second-order valence-corrected chi connectivity index (χ2v) is 11.0. The van der Waals surface area contributed by atoms with Crippen LogP contribution < -0.4 is 5.30 Å². The molecular formula is C23H26NOP. The number of hydrogen-bond donors (Lipinski definition) is 0. The van der Waals surface area contributed by atoms with Gasteiger partial charge in [-0.25, -0.2) is 4.67 Å². The third-order valence-corrected chi connectivity index (χ3v) is 9.31. The number of allylic oxidation sites excluding steroid dienone is 3. The molecule has 0 unspecified atom stereocenters. The molecule has 0 amide bonds. The molecule has 2 nitrogen and oxygen atoms in total. The van der Waals surface area contributed by atoms with Crippen LogP contribution in [0.25, 0.3) is 0 Å². The molecule has 4 rings (SSSR count). The molecule has 4 atom stereocenters. The van der Waals surface area contributed by atoms with E-state index in [2.05, 4.69) is 74.0 Å². The average molecular weight is 363 g/mol. The second-order valence-electron chi connectivity index (χ2n) is 8.17. The van der Waals surface area contributed by atoms with Crippen LogP contribution in [0, 0.1) is 5.92 Å². The molecule has 0 spiro atoms. The molecule has 26 heavy (non-hydrogen) atoms. The average Bonchev–Trinajstić information content (AvgIpc) is 2.94. The number of hydrogen-bond acceptors (Lipinski definition) is 1. The van der Waals surface area contributed by atoms with E-state index < -0.39 is 7.29 Å². The fourth-order valence-electron chi connectivity index (χ4n) is 4.56. The van der Waals surface area contributed by atoms with E-state index in [1.54, 1.807) is 0 Å². The van der Waals surface area contributed by atoms with Crippen molar-refractivity contribution in [3.63, 3.8) is 0 Å². The van der Waals surface area contributed by atoms with E-state index in [9.17, 15) is 4.57 Å². The van der Waals surface area contributed by atoms with Gasteiger partial charge in [-0.1, -0.05) is 85.0 Å². The lowest BCUT2D eigenvalue weighted by Crippen LogP contribution is -2.41. The van der Waals surface area contributed by atoms with Gasteiger partial charge >= 0.3 is 0 Å². The molecule has 1 aliphatic heterocycles. The molecule has 0 aromatic heterocycles. The fourth-order valence-corrected chi connectivity index (χ4v) is 8.65. The first-order chi connectivity index (χ1) is 12.4. The van der Waals surface area contributed by atoms with Crippen LogP contribution in [0.1, 0.15) is 32.4 Å². The zero-order valence-electron chi connectivity index (χ0n) is 15.6. The van der Waals surface area contributed by atoms with E-state index in [1.807, 2.05) is 36.4 Å². The quantitative estimate of drug-likeness (QED) is 0.652. The molecule has 0 saturated carbocycles. The summed E-state index contributed by atoms with van der Waals surface area (Å²) in [6.07, 6.45) is 8.59. The highest BCUT2D eigenvalue weighted by Crippen LogP contribution is 2.70. The fraction of sp³-hybridized carbons (Fsp3) is 0.304. The Morgan fingerprint density at radius 2 is 1.42 bits per heavy atom. The van der Waals surface area contributed by atoms with Gasteiger partial charge in [-0.05, 0) is 26.3 Å². The SMILES string of the molecule is CC(C)(C)N1[C@@H](c2ccccc2)[C@H]2C=CC=C[C@@H]2[P@]1(=O)c1ccccc1. The van der Waals surface area contributed by atoms with Crippen LogP contribution in [0.2, 0.25) is 0 Å². The van der Waals surface area contributed by atoms with Crippen LogP contribution in [0.5, 0.6) is 0 Å². The van der Waals surface area contributed by atoms with Crippen LogP contribution in [-0.4, -0.2) is 15.9 Å². The van der Waals surface area contributed by atoms with E-state index in [-0.39, 0.29) is 23.2 Å². The maximum Gasteiger partial charge on any atom is 0.187 e. The van der Waals surface area contributed by atoms with Crippen molar-refractivity contribution >= 4 is 12.6 Å². The van der Waals surface area contributed by atoms with Crippen molar-refractivity contribution in [1.82, 2.24) is 4.67 Å². The Balaban J connectivity index is 1.97. The van der Waals surface area contributed by atoms with Crippen molar-refractivity contribution in [3.05, 3.63) is 90.5 Å². The number of rotatable bonds is 2. The first kappa shape index (κ1) is 17.5.